The number of nitrogens with zero attached hydrogens (tertiary/aromatic N) is 1. The number of aromatic nitrogens is 2. The third-order valence-electron chi connectivity index (χ3n) is 3.46. The van der Waals surface area contributed by atoms with E-state index in [1.807, 2.05) is 26.8 Å². The molecule has 0 unspecified atom stereocenters. The standard InChI is InChI=1S/C17H24N2O/c1-6-8-14-15(13-10-7-9-12(2)11-13)18-19(16(14)20)17(3,4)5/h7,9-11,18H,6,8H2,1-5H3. The van der Waals surface area contributed by atoms with Crippen LogP contribution in [0.3, 0.4) is 0 Å². The van der Waals surface area contributed by atoms with Crippen LogP contribution in [-0.4, -0.2) is 9.78 Å². The summed E-state index contributed by atoms with van der Waals surface area (Å²) in [6.45, 7) is 10.3. The van der Waals surface area contributed by atoms with Gasteiger partial charge >= 0.3 is 0 Å². The van der Waals surface area contributed by atoms with Crippen LogP contribution in [0.25, 0.3) is 11.3 Å². The van der Waals surface area contributed by atoms with E-state index in [4.69, 9.17) is 0 Å². The quantitative estimate of drug-likeness (QED) is 0.905. The number of aromatic amines is 1. The Morgan fingerprint density at radius 3 is 2.50 bits per heavy atom. The van der Waals surface area contributed by atoms with Gasteiger partial charge in [-0.15, -0.1) is 0 Å². The van der Waals surface area contributed by atoms with Crippen LogP contribution in [0.15, 0.2) is 29.1 Å². The summed E-state index contributed by atoms with van der Waals surface area (Å²) < 4.78 is 1.75. The lowest BCUT2D eigenvalue weighted by Gasteiger charge is -2.19. The smallest absolute Gasteiger partial charge is 0.270 e. The van der Waals surface area contributed by atoms with Crippen molar-refractivity contribution in [3.63, 3.8) is 0 Å². The molecule has 1 aromatic carbocycles. The van der Waals surface area contributed by atoms with Gasteiger partial charge in [0.15, 0.2) is 0 Å². The van der Waals surface area contributed by atoms with E-state index in [9.17, 15) is 4.79 Å². The van der Waals surface area contributed by atoms with Gasteiger partial charge in [0.25, 0.3) is 5.56 Å². The third kappa shape index (κ3) is 2.72. The lowest BCUT2D eigenvalue weighted by molar-refractivity contribution is 0.346. The van der Waals surface area contributed by atoms with Crippen LogP contribution in [0.5, 0.6) is 0 Å². The molecule has 0 aliphatic carbocycles. The molecule has 0 fully saturated rings. The Balaban J connectivity index is 2.66. The maximum atomic E-state index is 12.6. The Morgan fingerprint density at radius 2 is 1.95 bits per heavy atom. The molecule has 2 aromatic rings. The summed E-state index contributed by atoms with van der Waals surface area (Å²) >= 11 is 0. The minimum atomic E-state index is -0.234. The second-order valence-corrected chi connectivity index (χ2v) is 6.40. The molecule has 0 saturated heterocycles. The Bertz CT molecular complexity index is 656. The summed E-state index contributed by atoms with van der Waals surface area (Å²) in [6.07, 6.45) is 1.78. The van der Waals surface area contributed by atoms with Crippen molar-refractivity contribution in [1.29, 1.82) is 0 Å². The van der Waals surface area contributed by atoms with Gasteiger partial charge < -0.3 is 0 Å². The number of aryl methyl sites for hydroxylation is 1. The largest absolute Gasteiger partial charge is 0.294 e. The average Bonchev–Trinajstić information content (AvgIpc) is 2.68. The van der Waals surface area contributed by atoms with Crippen LogP contribution in [0.1, 0.15) is 45.2 Å². The minimum absolute atomic E-state index is 0.107. The molecule has 0 saturated carbocycles. The van der Waals surface area contributed by atoms with E-state index in [1.165, 1.54) is 5.56 Å². The first-order chi connectivity index (χ1) is 9.34. The molecular weight excluding hydrogens is 248 g/mol. The molecule has 2 rings (SSSR count). The fourth-order valence-electron chi connectivity index (χ4n) is 2.47. The van der Waals surface area contributed by atoms with Gasteiger partial charge in [-0.2, -0.15) is 0 Å². The maximum absolute atomic E-state index is 12.6. The van der Waals surface area contributed by atoms with Gasteiger partial charge in [0.1, 0.15) is 0 Å². The number of hydrogen-bond donors (Lipinski definition) is 1. The van der Waals surface area contributed by atoms with E-state index in [0.717, 1.165) is 29.7 Å². The lowest BCUT2D eigenvalue weighted by Crippen LogP contribution is -2.33. The van der Waals surface area contributed by atoms with Gasteiger partial charge in [-0.1, -0.05) is 37.1 Å². The molecule has 0 radical (unpaired) electrons. The van der Waals surface area contributed by atoms with Gasteiger partial charge in [-0.3, -0.25) is 9.89 Å². The van der Waals surface area contributed by atoms with Crippen LogP contribution in [0, 0.1) is 6.92 Å². The van der Waals surface area contributed by atoms with E-state index in [1.54, 1.807) is 4.68 Å². The molecule has 0 aliphatic rings. The van der Waals surface area contributed by atoms with Crippen LogP contribution in [0.2, 0.25) is 0 Å². The molecule has 0 bridgehead atoms. The highest BCUT2D eigenvalue weighted by Gasteiger charge is 2.22. The first-order valence-electron chi connectivity index (χ1n) is 7.26. The molecule has 0 amide bonds. The van der Waals surface area contributed by atoms with Crippen LogP contribution in [-0.2, 0) is 12.0 Å². The van der Waals surface area contributed by atoms with E-state index in [0.29, 0.717) is 0 Å². The first kappa shape index (κ1) is 14.6. The van der Waals surface area contributed by atoms with Gasteiger partial charge in [-0.25, -0.2) is 4.68 Å². The second-order valence-electron chi connectivity index (χ2n) is 6.40. The van der Waals surface area contributed by atoms with E-state index in [-0.39, 0.29) is 11.1 Å². The molecule has 3 heteroatoms. The summed E-state index contributed by atoms with van der Waals surface area (Å²) in [7, 11) is 0. The summed E-state index contributed by atoms with van der Waals surface area (Å²) in [4.78, 5) is 12.6. The molecule has 1 heterocycles. The molecular formula is C17H24N2O. The fourth-order valence-corrected chi connectivity index (χ4v) is 2.47. The zero-order valence-corrected chi connectivity index (χ0v) is 13.1. The number of nitrogens with one attached hydrogen (secondary N) is 1. The third-order valence-corrected chi connectivity index (χ3v) is 3.46. The van der Waals surface area contributed by atoms with Crippen molar-refractivity contribution < 1.29 is 0 Å². The Hall–Kier alpha value is -1.77. The van der Waals surface area contributed by atoms with Crippen LogP contribution in [0.4, 0.5) is 0 Å². The first-order valence-corrected chi connectivity index (χ1v) is 7.26. The highest BCUT2D eigenvalue weighted by Crippen LogP contribution is 2.23. The van der Waals surface area contributed by atoms with Crippen molar-refractivity contribution in [3.05, 3.63) is 45.7 Å². The van der Waals surface area contributed by atoms with Gasteiger partial charge in [0.2, 0.25) is 0 Å². The van der Waals surface area contributed by atoms with Gasteiger partial charge in [0.05, 0.1) is 11.2 Å². The number of H-pyrrole nitrogens is 1. The average molecular weight is 272 g/mol. The Kier molecular flexibility index (Phi) is 3.89. The number of benzene rings is 1. The van der Waals surface area contributed by atoms with E-state index in [2.05, 4.69) is 37.1 Å². The minimum Gasteiger partial charge on any atom is -0.294 e. The molecule has 108 valence electrons. The summed E-state index contributed by atoms with van der Waals surface area (Å²) in [6, 6.07) is 8.29. The van der Waals surface area contributed by atoms with Crippen LogP contribution >= 0.6 is 0 Å². The molecule has 0 aliphatic heterocycles. The summed E-state index contributed by atoms with van der Waals surface area (Å²) in [5.41, 5.74) is 4.03. The van der Waals surface area contributed by atoms with E-state index < -0.39 is 0 Å². The Morgan fingerprint density at radius 1 is 1.25 bits per heavy atom. The zero-order valence-electron chi connectivity index (χ0n) is 13.1. The van der Waals surface area contributed by atoms with E-state index >= 15 is 0 Å². The molecule has 0 spiro atoms. The molecule has 0 atom stereocenters. The SMILES string of the molecule is CCCc1c(-c2cccc(C)c2)[nH]n(C(C)(C)C)c1=O. The molecule has 1 N–H and O–H groups in total. The van der Waals surface area contributed by atoms with Crippen molar-refractivity contribution in [1.82, 2.24) is 9.78 Å². The topological polar surface area (TPSA) is 37.8 Å². The molecule has 20 heavy (non-hydrogen) atoms. The van der Waals surface area contributed by atoms with Crippen molar-refractivity contribution in [2.75, 3.05) is 0 Å². The van der Waals surface area contributed by atoms with Gasteiger partial charge in [-0.05, 0) is 40.2 Å². The monoisotopic (exact) mass is 272 g/mol. The lowest BCUT2D eigenvalue weighted by atomic mass is 10.0. The van der Waals surface area contributed by atoms with Crippen molar-refractivity contribution >= 4 is 0 Å². The number of rotatable bonds is 3. The van der Waals surface area contributed by atoms with Crippen molar-refractivity contribution in [2.24, 2.45) is 0 Å². The highest BCUT2D eigenvalue weighted by atomic mass is 16.1. The molecule has 3 nitrogen and oxygen atoms in total. The second kappa shape index (κ2) is 5.31. The predicted octanol–water partition coefficient (Wildman–Crippen LogP) is 3.86. The van der Waals surface area contributed by atoms with Crippen LogP contribution < -0.4 is 5.56 Å². The Labute approximate surface area is 120 Å². The number of hydrogen-bond acceptors (Lipinski definition) is 1. The van der Waals surface area contributed by atoms with Crippen molar-refractivity contribution in [2.45, 2.75) is 53.0 Å². The predicted molar refractivity (Wildman–Crippen MR) is 84.2 cm³/mol. The zero-order chi connectivity index (χ0) is 14.9. The summed E-state index contributed by atoms with van der Waals surface area (Å²) in [5, 5.41) is 3.32. The maximum Gasteiger partial charge on any atom is 0.270 e. The van der Waals surface area contributed by atoms with Crippen molar-refractivity contribution in [3.8, 4) is 11.3 Å². The normalized spacial score (nSPS) is 11.8. The summed E-state index contributed by atoms with van der Waals surface area (Å²) in [5.74, 6) is 0. The highest BCUT2D eigenvalue weighted by molar-refractivity contribution is 5.63. The molecule has 1 aromatic heterocycles. The van der Waals surface area contributed by atoms with Gasteiger partial charge in [0, 0.05) is 11.1 Å². The fraction of sp³-hybridized carbons (Fsp3) is 0.471.